The molecule has 0 fully saturated rings. The fourth-order valence-electron chi connectivity index (χ4n) is 2.84. The molecule has 182 valence electrons. The Kier molecular flexibility index (Phi) is 8.87. The third-order valence-electron chi connectivity index (χ3n) is 4.37. The summed E-state index contributed by atoms with van der Waals surface area (Å²) in [7, 11) is 0. The lowest BCUT2D eigenvalue weighted by Gasteiger charge is -2.31. The van der Waals surface area contributed by atoms with E-state index in [0.717, 1.165) is 16.8 Å². The van der Waals surface area contributed by atoms with Crippen LogP contribution in [0.4, 0.5) is 0 Å². The highest BCUT2D eigenvalue weighted by Gasteiger charge is 2.35. The van der Waals surface area contributed by atoms with Gasteiger partial charge in [-0.2, -0.15) is 0 Å². The lowest BCUT2D eigenvalue weighted by Crippen LogP contribution is -2.55. The van der Waals surface area contributed by atoms with Crippen molar-refractivity contribution in [3.05, 3.63) is 48.9 Å². The molecule has 11 nitrogen and oxygen atoms in total. The number of aliphatic carboxylic acids is 2. The van der Waals surface area contributed by atoms with Gasteiger partial charge < -0.3 is 25.4 Å². The summed E-state index contributed by atoms with van der Waals surface area (Å²) in [5.74, 6) is -2.70. The van der Waals surface area contributed by atoms with Crippen LogP contribution in [0.2, 0.25) is 10.0 Å². The van der Waals surface area contributed by atoms with Gasteiger partial charge in [0.05, 0.1) is 0 Å². The van der Waals surface area contributed by atoms with Crippen molar-refractivity contribution in [2.45, 2.75) is 29.2 Å². The Hall–Kier alpha value is -2.26. The van der Waals surface area contributed by atoms with Gasteiger partial charge in [-0.15, -0.1) is 22.0 Å². The molecular weight excluding hydrogens is 549 g/mol. The number of nitrogens with zero attached hydrogens (tertiary/aromatic N) is 3. The van der Waals surface area contributed by atoms with Gasteiger partial charge in [-0.1, -0.05) is 46.3 Å². The number of aromatic nitrogens is 3. The number of carbonyl (C=O) groups is 3. The van der Waals surface area contributed by atoms with Crippen LogP contribution in [-0.2, 0) is 20.9 Å². The van der Waals surface area contributed by atoms with Gasteiger partial charge in [0.25, 0.3) is 0 Å². The van der Waals surface area contributed by atoms with Crippen LogP contribution >= 0.6 is 58.1 Å². The first-order valence-electron chi connectivity index (χ1n) is 9.38. The van der Waals surface area contributed by atoms with Crippen molar-refractivity contribution in [2.24, 2.45) is 0 Å². The molecule has 3 rings (SSSR count). The van der Waals surface area contributed by atoms with Gasteiger partial charge >= 0.3 is 11.9 Å². The fraction of sp³-hybridized carbons (Fsp3) is 0.333. The molecule has 0 unspecified atom stereocenters. The summed E-state index contributed by atoms with van der Waals surface area (Å²) in [6, 6.07) is -1.43. The summed E-state index contributed by atoms with van der Waals surface area (Å²) in [6.07, 6.45) is 2.40. The number of pyridine rings is 1. The maximum Gasteiger partial charge on any atom is 0.352 e. The van der Waals surface area contributed by atoms with Crippen LogP contribution in [0.25, 0.3) is 0 Å². The van der Waals surface area contributed by atoms with E-state index in [2.05, 4.69) is 20.8 Å². The lowest BCUT2D eigenvalue weighted by atomic mass is 10.2. The maximum absolute atomic E-state index is 12.5. The minimum Gasteiger partial charge on any atom is -0.480 e. The van der Waals surface area contributed by atoms with Crippen LogP contribution in [0.3, 0.4) is 0 Å². The first-order chi connectivity index (χ1) is 16.0. The molecule has 0 aromatic carbocycles. The Bertz CT molecular complexity index is 1190. The zero-order valence-electron chi connectivity index (χ0n) is 17.3. The molecule has 0 spiro atoms. The van der Waals surface area contributed by atoms with E-state index in [0.29, 0.717) is 15.7 Å². The zero-order chi connectivity index (χ0) is 25.0. The topological polar surface area (TPSA) is 164 Å². The highest BCUT2D eigenvalue weighted by atomic mass is 35.5. The van der Waals surface area contributed by atoms with Crippen LogP contribution in [0.15, 0.2) is 32.8 Å². The SMILES string of the molecule is Cc1nnc(SCC2=C(C(=O)O)N[C@@H]([C@H](NC(=O)Cn3cc(Cl)c(=O)c(Cl)c3)C(=O)O)SC2)s1. The Labute approximate surface area is 214 Å². The fourth-order valence-corrected chi connectivity index (χ4v) is 6.51. The molecular formula is C18H17Cl2N5O6S3. The average molecular weight is 566 g/mol. The lowest BCUT2D eigenvalue weighted by molar-refractivity contribution is -0.142. The second kappa shape index (κ2) is 11.4. The molecule has 1 aliphatic heterocycles. The number of carbonyl (C=O) groups excluding carboxylic acids is 1. The van der Waals surface area contributed by atoms with Gasteiger partial charge in [-0.3, -0.25) is 9.59 Å². The number of carboxylic acids is 2. The van der Waals surface area contributed by atoms with Crippen molar-refractivity contribution >= 4 is 75.9 Å². The van der Waals surface area contributed by atoms with Gasteiger partial charge in [-0.05, 0) is 12.5 Å². The van der Waals surface area contributed by atoms with Crippen molar-refractivity contribution in [3.63, 3.8) is 0 Å². The number of thioether (sulfide) groups is 2. The van der Waals surface area contributed by atoms with Gasteiger partial charge in [0.1, 0.15) is 32.7 Å². The molecule has 1 amide bonds. The molecule has 1 aliphatic rings. The Morgan fingerprint density at radius 3 is 2.53 bits per heavy atom. The highest BCUT2D eigenvalue weighted by Crippen LogP contribution is 2.30. The van der Waals surface area contributed by atoms with E-state index in [1.54, 1.807) is 0 Å². The summed E-state index contributed by atoms with van der Waals surface area (Å²) in [5.41, 5.74) is -0.133. The summed E-state index contributed by atoms with van der Waals surface area (Å²) in [5, 5.41) is 31.8. The third kappa shape index (κ3) is 6.66. The molecule has 34 heavy (non-hydrogen) atoms. The molecule has 3 heterocycles. The summed E-state index contributed by atoms with van der Waals surface area (Å²) in [6.45, 7) is 1.46. The summed E-state index contributed by atoms with van der Waals surface area (Å²) in [4.78, 5) is 47.8. The van der Waals surface area contributed by atoms with E-state index in [1.165, 1.54) is 40.1 Å². The number of amides is 1. The average Bonchev–Trinajstić information content (AvgIpc) is 3.19. The van der Waals surface area contributed by atoms with Crippen molar-refractivity contribution in [2.75, 3.05) is 11.5 Å². The minimum absolute atomic E-state index is 0.114. The largest absolute Gasteiger partial charge is 0.480 e. The second-order valence-corrected chi connectivity index (χ2v) is 11.2. The normalized spacial score (nSPS) is 16.6. The third-order valence-corrected chi connectivity index (χ3v) is 8.23. The van der Waals surface area contributed by atoms with Crippen LogP contribution in [0.1, 0.15) is 5.01 Å². The summed E-state index contributed by atoms with van der Waals surface area (Å²) >= 11 is 15.4. The molecule has 2 aromatic heterocycles. The Morgan fingerprint density at radius 2 is 1.97 bits per heavy atom. The van der Waals surface area contributed by atoms with Crippen molar-refractivity contribution in [1.29, 1.82) is 0 Å². The van der Waals surface area contributed by atoms with E-state index in [-0.39, 0.29) is 28.0 Å². The van der Waals surface area contributed by atoms with Gasteiger partial charge in [0.15, 0.2) is 10.4 Å². The molecule has 0 bridgehead atoms. The van der Waals surface area contributed by atoms with Gasteiger partial charge in [0.2, 0.25) is 11.3 Å². The quantitative estimate of drug-likeness (QED) is 0.327. The zero-order valence-corrected chi connectivity index (χ0v) is 21.2. The second-order valence-electron chi connectivity index (χ2n) is 6.87. The van der Waals surface area contributed by atoms with E-state index in [4.69, 9.17) is 23.2 Å². The van der Waals surface area contributed by atoms with E-state index in [9.17, 15) is 29.4 Å². The molecule has 2 aromatic rings. The number of hydrogen-bond donors (Lipinski definition) is 4. The predicted molar refractivity (Wildman–Crippen MR) is 130 cm³/mol. The molecule has 0 saturated carbocycles. The minimum atomic E-state index is -1.43. The number of rotatable bonds is 9. The number of nitrogens with one attached hydrogen (secondary N) is 2. The first kappa shape index (κ1) is 26.3. The van der Waals surface area contributed by atoms with Crippen LogP contribution in [-0.4, -0.2) is 65.7 Å². The van der Waals surface area contributed by atoms with Crippen molar-refractivity contribution in [1.82, 2.24) is 25.4 Å². The standard InChI is InChI=1S/C18H17Cl2N5O6S3/c1-7-23-24-18(34-7)33-6-8-5-32-15(22-12(8)16(28)29)13(17(30)31)21-11(26)4-25-2-9(19)14(27)10(20)3-25/h2-3,13,15,22H,4-6H2,1H3,(H,21,26)(H,28,29)(H,30,31)/t13-,15+/m0/s1. The van der Waals surface area contributed by atoms with Gasteiger partial charge in [0, 0.05) is 23.9 Å². The number of halogens is 2. The van der Waals surface area contributed by atoms with Crippen LogP contribution in [0, 0.1) is 6.92 Å². The number of hydrogen-bond acceptors (Lipinski definition) is 10. The van der Waals surface area contributed by atoms with E-state index >= 15 is 0 Å². The monoisotopic (exact) mass is 565 g/mol. The molecule has 0 aliphatic carbocycles. The molecule has 0 radical (unpaired) electrons. The molecule has 0 saturated heterocycles. The van der Waals surface area contributed by atoms with Gasteiger partial charge in [-0.25, -0.2) is 9.59 Å². The Balaban J connectivity index is 1.70. The van der Waals surface area contributed by atoms with E-state index < -0.39 is 34.7 Å². The highest BCUT2D eigenvalue weighted by molar-refractivity contribution is 8.01. The van der Waals surface area contributed by atoms with Crippen molar-refractivity contribution < 1.29 is 24.6 Å². The molecule has 2 atom stereocenters. The molecule has 16 heteroatoms. The van der Waals surface area contributed by atoms with Crippen molar-refractivity contribution in [3.8, 4) is 0 Å². The number of aryl methyl sites for hydroxylation is 1. The van der Waals surface area contributed by atoms with Crippen LogP contribution < -0.4 is 16.1 Å². The smallest absolute Gasteiger partial charge is 0.352 e. The number of carboxylic acid groups (broad SMARTS) is 2. The maximum atomic E-state index is 12.5. The summed E-state index contributed by atoms with van der Waals surface area (Å²) < 4.78 is 1.94. The Morgan fingerprint density at radius 1 is 1.29 bits per heavy atom. The predicted octanol–water partition coefficient (Wildman–Crippen LogP) is 1.68. The molecule has 4 N–H and O–H groups in total. The first-order valence-corrected chi connectivity index (χ1v) is 13.0. The van der Waals surface area contributed by atoms with E-state index in [1.807, 2.05) is 6.92 Å². The van der Waals surface area contributed by atoms with Crippen LogP contribution in [0.5, 0.6) is 0 Å².